The average Bonchev–Trinajstić information content (AvgIpc) is 3.04. The molecule has 0 aliphatic carbocycles. The highest BCUT2D eigenvalue weighted by Gasteiger charge is 2.16. The van der Waals surface area contributed by atoms with E-state index in [0.717, 1.165) is 42.4 Å². The summed E-state index contributed by atoms with van der Waals surface area (Å²) in [6.07, 6.45) is 0. The second kappa shape index (κ2) is 8.45. The molecule has 0 radical (unpaired) electrons. The van der Waals surface area contributed by atoms with Gasteiger partial charge in [-0.05, 0) is 37.6 Å². The van der Waals surface area contributed by atoms with Crippen molar-refractivity contribution in [1.29, 1.82) is 0 Å². The Labute approximate surface area is 153 Å². The Morgan fingerprint density at radius 3 is 2.72 bits per heavy atom. The fraction of sp³-hybridized carbons (Fsp3) is 0.421. The molecule has 1 saturated heterocycles. The van der Waals surface area contributed by atoms with Crippen molar-refractivity contribution < 1.29 is 9.21 Å². The van der Waals surface area contributed by atoms with Gasteiger partial charge in [0.25, 0.3) is 0 Å². The predicted molar refractivity (Wildman–Crippen MR) is 103 cm³/mol. The Balaban J connectivity index is 1.60. The predicted octanol–water partition coefficient (Wildman–Crippen LogP) is 4.02. The highest BCUT2D eigenvalue weighted by molar-refractivity contribution is 7.99. The lowest BCUT2D eigenvalue weighted by Crippen LogP contribution is -2.33. The SMILES string of the molecule is Cc1ccc([C@@H](C)NC(=O)Nc2ccccc2CN2CCSCC2)o1. The lowest BCUT2D eigenvalue weighted by atomic mass is 10.1. The Kier molecular flexibility index (Phi) is 6.04. The molecule has 0 spiro atoms. The molecule has 0 bridgehead atoms. The van der Waals surface area contributed by atoms with Crippen LogP contribution in [0.2, 0.25) is 0 Å². The summed E-state index contributed by atoms with van der Waals surface area (Å²) in [4.78, 5) is 14.8. The van der Waals surface area contributed by atoms with E-state index in [4.69, 9.17) is 4.42 Å². The number of carbonyl (C=O) groups is 1. The van der Waals surface area contributed by atoms with Crippen molar-refractivity contribution in [3.05, 3.63) is 53.5 Å². The van der Waals surface area contributed by atoms with Gasteiger partial charge in [-0.1, -0.05) is 18.2 Å². The molecule has 1 aromatic heterocycles. The summed E-state index contributed by atoms with van der Waals surface area (Å²) < 4.78 is 5.57. The van der Waals surface area contributed by atoms with Gasteiger partial charge in [0.15, 0.2) is 0 Å². The molecular weight excluding hydrogens is 334 g/mol. The number of urea groups is 1. The molecule has 2 heterocycles. The fourth-order valence-electron chi connectivity index (χ4n) is 2.89. The molecule has 134 valence electrons. The number of aryl methyl sites for hydroxylation is 1. The summed E-state index contributed by atoms with van der Waals surface area (Å²) in [6.45, 7) is 6.87. The van der Waals surface area contributed by atoms with E-state index in [1.54, 1.807) is 0 Å². The second-order valence-electron chi connectivity index (χ2n) is 6.31. The van der Waals surface area contributed by atoms with E-state index < -0.39 is 0 Å². The third-order valence-corrected chi connectivity index (χ3v) is 5.24. The van der Waals surface area contributed by atoms with Crippen molar-refractivity contribution in [3.63, 3.8) is 0 Å². The van der Waals surface area contributed by atoms with Crippen LogP contribution in [0.1, 0.15) is 30.0 Å². The molecule has 1 aliphatic heterocycles. The zero-order valence-corrected chi connectivity index (χ0v) is 15.6. The Bertz CT molecular complexity index is 710. The Hall–Kier alpha value is -1.92. The molecule has 2 N–H and O–H groups in total. The van der Waals surface area contributed by atoms with Crippen LogP contribution < -0.4 is 10.6 Å². The van der Waals surface area contributed by atoms with Crippen LogP contribution in [0.25, 0.3) is 0 Å². The number of thioether (sulfide) groups is 1. The zero-order valence-electron chi connectivity index (χ0n) is 14.7. The molecule has 0 saturated carbocycles. The Morgan fingerprint density at radius 2 is 2.00 bits per heavy atom. The average molecular weight is 359 g/mol. The first kappa shape index (κ1) is 17.9. The normalized spacial score (nSPS) is 16.4. The number of furan rings is 1. The van der Waals surface area contributed by atoms with Gasteiger partial charge in [-0.3, -0.25) is 4.90 Å². The maximum atomic E-state index is 12.4. The number of hydrogen-bond donors (Lipinski definition) is 2. The minimum atomic E-state index is -0.219. The van der Waals surface area contributed by atoms with Gasteiger partial charge in [-0.2, -0.15) is 11.8 Å². The van der Waals surface area contributed by atoms with Crippen LogP contribution in [0.5, 0.6) is 0 Å². The van der Waals surface area contributed by atoms with Crippen LogP contribution in [0.4, 0.5) is 10.5 Å². The van der Waals surface area contributed by atoms with Gasteiger partial charge in [-0.15, -0.1) is 0 Å². The Morgan fingerprint density at radius 1 is 1.24 bits per heavy atom. The van der Waals surface area contributed by atoms with Gasteiger partial charge < -0.3 is 15.1 Å². The minimum absolute atomic E-state index is 0.181. The molecule has 1 atom stereocenters. The number of hydrogen-bond acceptors (Lipinski definition) is 4. The van der Waals surface area contributed by atoms with Crippen LogP contribution in [0.15, 0.2) is 40.8 Å². The number of para-hydroxylation sites is 1. The van der Waals surface area contributed by atoms with Crippen LogP contribution in [-0.2, 0) is 6.54 Å². The van der Waals surface area contributed by atoms with Gasteiger partial charge in [-0.25, -0.2) is 4.79 Å². The van der Waals surface area contributed by atoms with E-state index in [1.165, 1.54) is 11.5 Å². The highest BCUT2D eigenvalue weighted by atomic mass is 32.2. The van der Waals surface area contributed by atoms with E-state index in [1.807, 2.05) is 55.9 Å². The summed E-state index contributed by atoms with van der Waals surface area (Å²) in [5, 5.41) is 5.91. The number of carbonyl (C=O) groups excluding carboxylic acids is 1. The maximum absolute atomic E-state index is 12.4. The van der Waals surface area contributed by atoms with Gasteiger partial charge in [0, 0.05) is 36.8 Å². The minimum Gasteiger partial charge on any atom is -0.464 e. The summed E-state index contributed by atoms with van der Waals surface area (Å²) in [6, 6.07) is 11.4. The second-order valence-corrected chi connectivity index (χ2v) is 7.54. The van der Waals surface area contributed by atoms with Gasteiger partial charge >= 0.3 is 6.03 Å². The molecule has 1 aliphatic rings. The van der Waals surface area contributed by atoms with Crippen molar-refractivity contribution >= 4 is 23.5 Å². The van der Waals surface area contributed by atoms with E-state index in [9.17, 15) is 4.79 Å². The van der Waals surface area contributed by atoms with E-state index in [-0.39, 0.29) is 12.1 Å². The molecule has 2 aromatic rings. The van der Waals surface area contributed by atoms with Crippen molar-refractivity contribution in [2.45, 2.75) is 26.4 Å². The topological polar surface area (TPSA) is 57.5 Å². The van der Waals surface area contributed by atoms with Crippen LogP contribution in [0, 0.1) is 6.92 Å². The first-order chi connectivity index (χ1) is 12.1. The van der Waals surface area contributed by atoms with Crippen molar-refractivity contribution in [2.24, 2.45) is 0 Å². The third-order valence-electron chi connectivity index (χ3n) is 4.30. The summed E-state index contributed by atoms with van der Waals surface area (Å²) in [7, 11) is 0. The largest absolute Gasteiger partial charge is 0.464 e. The van der Waals surface area contributed by atoms with Gasteiger partial charge in [0.1, 0.15) is 11.5 Å². The summed E-state index contributed by atoms with van der Waals surface area (Å²) in [5.41, 5.74) is 2.01. The number of benzene rings is 1. The highest BCUT2D eigenvalue weighted by Crippen LogP contribution is 2.20. The zero-order chi connectivity index (χ0) is 17.6. The standard InChI is InChI=1S/C19H25N3O2S/c1-14-7-8-18(24-14)15(2)20-19(23)21-17-6-4-3-5-16(17)13-22-9-11-25-12-10-22/h3-8,15H,9-13H2,1-2H3,(H2,20,21,23)/t15-/m1/s1. The molecule has 1 fully saturated rings. The lowest BCUT2D eigenvalue weighted by molar-refractivity contribution is 0.247. The van der Waals surface area contributed by atoms with E-state index in [0.29, 0.717) is 0 Å². The summed E-state index contributed by atoms with van der Waals surface area (Å²) in [5.74, 6) is 3.95. The molecular formula is C19H25N3O2S. The quantitative estimate of drug-likeness (QED) is 0.847. The monoisotopic (exact) mass is 359 g/mol. The summed E-state index contributed by atoms with van der Waals surface area (Å²) >= 11 is 2.00. The molecule has 5 nitrogen and oxygen atoms in total. The van der Waals surface area contributed by atoms with E-state index in [2.05, 4.69) is 21.6 Å². The molecule has 25 heavy (non-hydrogen) atoms. The molecule has 1 aromatic carbocycles. The van der Waals surface area contributed by atoms with Crippen LogP contribution in [-0.4, -0.2) is 35.5 Å². The van der Waals surface area contributed by atoms with E-state index >= 15 is 0 Å². The number of nitrogens with one attached hydrogen (secondary N) is 2. The number of rotatable bonds is 5. The first-order valence-electron chi connectivity index (χ1n) is 8.63. The molecule has 6 heteroatoms. The molecule has 2 amide bonds. The van der Waals surface area contributed by atoms with Crippen molar-refractivity contribution in [2.75, 3.05) is 29.9 Å². The maximum Gasteiger partial charge on any atom is 0.319 e. The lowest BCUT2D eigenvalue weighted by Gasteiger charge is -2.27. The number of nitrogens with zero attached hydrogens (tertiary/aromatic N) is 1. The number of amides is 2. The van der Waals surface area contributed by atoms with Crippen LogP contribution >= 0.6 is 11.8 Å². The van der Waals surface area contributed by atoms with Gasteiger partial charge in [0.2, 0.25) is 0 Å². The number of anilines is 1. The van der Waals surface area contributed by atoms with Gasteiger partial charge in [0.05, 0.1) is 6.04 Å². The molecule has 3 rings (SSSR count). The smallest absolute Gasteiger partial charge is 0.319 e. The van der Waals surface area contributed by atoms with Crippen molar-refractivity contribution in [1.82, 2.24) is 10.2 Å². The fourth-order valence-corrected chi connectivity index (χ4v) is 3.87. The molecule has 0 unspecified atom stereocenters. The van der Waals surface area contributed by atoms with Crippen LogP contribution in [0.3, 0.4) is 0 Å². The third kappa shape index (κ3) is 5.03. The van der Waals surface area contributed by atoms with Crippen molar-refractivity contribution in [3.8, 4) is 0 Å². The first-order valence-corrected chi connectivity index (χ1v) is 9.79.